The molecule has 0 unspecified atom stereocenters. The molecule has 0 aliphatic carbocycles. The molecule has 0 atom stereocenters. The molecule has 1 aromatic carbocycles. The Morgan fingerprint density at radius 1 is 1.28 bits per heavy atom. The summed E-state index contributed by atoms with van der Waals surface area (Å²) in [4.78, 5) is 0. The number of halogens is 1. The van der Waals surface area contributed by atoms with E-state index in [0.29, 0.717) is 12.1 Å². The minimum Gasteiger partial charge on any atom is -0.384 e. The van der Waals surface area contributed by atoms with E-state index in [1.54, 1.807) is 39.8 Å². The Labute approximate surface area is 108 Å². The molecule has 0 spiro atoms. The van der Waals surface area contributed by atoms with Crippen LogP contribution in [0.15, 0.2) is 18.2 Å². The van der Waals surface area contributed by atoms with Crippen LogP contribution >= 0.6 is 0 Å². The van der Waals surface area contributed by atoms with Crippen LogP contribution < -0.4 is 5.32 Å². The zero-order valence-electron chi connectivity index (χ0n) is 11.2. The van der Waals surface area contributed by atoms with Crippen LogP contribution in [0.25, 0.3) is 0 Å². The van der Waals surface area contributed by atoms with Crippen LogP contribution in [0.4, 0.5) is 10.1 Å². The topological polar surface area (TPSA) is 46.2 Å². The summed E-state index contributed by atoms with van der Waals surface area (Å²) >= 11 is 0. The highest BCUT2D eigenvalue weighted by atomic mass is 32.2. The lowest BCUT2D eigenvalue weighted by atomic mass is 10.2. The number of anilines is 1. The van der Waals surface area contributed by atoms with E-state index in [4.69, 9.17) is 0 Å². The smallest absolute Gasteiger partial charge is 0.156 e. The summed E-state index contributed by atoms with van der Waals surface area (Å²) in [6, 6.07) is 4.64. The molecule has 0 fully saturated rings. The average molecular weight is 273 g/mol. The summed E-state index contributed by atoms with van der Waals surface area (Å²) in [5.74, 6) is -0.199. The van der Waals surface area contributed by atoms with E-state index < -0.39 is 14.6 Å². The molecule has 0 amide bonds. The Morgan fingerprint density at radius 2 is 1.89 bits per heavy atom. The first-order valence-corrected chi connectivity index (χ1v) is 7.51. The molecule has 0 saturated heterocycles. The van der Waals surface area contributed by atoms with E-state index >= 15 is 0 Å². The first-order chi connectivity index (χ1) is 8.13. The van der Waals surface area contributed by atoms with Gasteiger partial charge in [-0.15, -0.1) is 0 Å². The van der Waals surface area contributed by atoms with Gasteiger partial charge in [-0.1, -0.05) is 0 Å². The summed E-state index contributed by atoms with van der Waals surface area (Å²) in [5, 5.41) is 3.00. The Morgan fingerprint density at radius 3 is 2.39 bits per heavy atom. The van der Waals surface area contributed by atoms with E-state index in [1.807, 2.05) is 0 Å². The van der Waals surface area contributed by atoms with Crippen molar-refractivity contribution in [2.75, 3.05) is 17.6 Å². The monoisotopic (exact) mass is 273 g/mol. The van der Waals surface area contributed by atoms with Gasteiger partial charge in [-0.2, -0.15) is 0 Å². The molecule has 5 heteroatoms. The maximum absolute atomic E-state index is 13.0. The second-order valence-corrected chi connectivity index (χ2v) is 8.18. The summed E-state index contributed by atoms with van der Waals surface area (Å²) in [6.45, 7) is 7.05. The first-order valence-electron chi connectivity index (χ1n) is 5.86. The molecular formula is C13H20FNO2S. The molecular weight excluding hydrogens is 253 g/mol. The molecule has 0 bridgehead atoms. The molecule has 1 N–H and O–H groups in total. The lowest BCUT2D eigenvalue weighted by Crippen LogP contribution is -2.32. The van der Waals surface area contributed by atoms with Crippen molar-refractivity contribution in [1.29, 1.82) is 0 Å². The van der Waals surface area contributed by atoms with Crippen molar-refractivity contribution in [1.82, 2.24) is 0 Å². The van der Waals surface area contributed by atoms with E-state index in [-0.39, 0.29) is 11.6 Å². The van der Waals surface area contributed by atoms with Crippen molar-refractivity contribution in [2.24, 2.45) is 0 Å². The Kier molecular flexibility index (Phi) is 4.37. The van der Waals surface area contributed by atoms with Crippen molar-refractivity contribution in [3.63, 3.8) is 0 Å². The zero-order valence-corrected chi connectivity index (χ0v) is 12.1. The van der Waals surface area contributed by atoms with Crippen LogP contribution in [-0.4, -0.2) is 25.5 Å². The van der Waals surface area contributed by atoms with Gasteiger partial charge in [-0.05, 0) is 51.5 Å². The summed E-state index contributed by atoms with van der Waals surface area (Å²) in [5.41, 5.74) is 1.27. The summed E-state index contributed by atoms with van der Waals surface area (Å²) in [7, 11) is -3.12. The van der Waals surface area contributed by atoms with Crippen LogP contribution in [0.3, 0.4) is 0 Å². The number of aryl methyl sites for hydroxylation is 1. The minimum absolute atomic E-state index is 0.0624. The number of hydrogen-bond acceptors (Lipinski definition) is 3. The molecule has 0 aliphatic rings. The number of rotatable bonds is 4. The van der Waals surface area contributed by atoms with Crippen molar-refractivity contribution in [3.8, 4) is 0 Å². The highest BCUT2D eigenvalue weighted by Crippen LogP contribution is 2.17. The molecule has 0 saturated carbocycles. The number of nitrogens with one attached hydrogen (secondary N) is 1. The standard InChI is InChI=1S/C13H20FNO2S/c1-10-9-11(5-6-12(10)14)15-7-8-18(16,17)13(2,3)4/h5-6,9,15H,7-8H2,1-4H3. The van der Waals surface area contributed by atoms with Crippen LogP contribution in [0, 0.1) is 12.7 Å². The van der Waals surface area contributed by atoms with Gasteiger partial charge in [-0.25, -0.2) is 12.8 Å². The molecule has 18 heavy (non-hydrogen) atoms. The lowest BCUT2D eigenvalue weighted by Gasteiger charge is -2.19. The number of benzene rings is 1. The molecule has 0 aliphatic heterocycles. The van der Waals surface area contributed by atoms with Gasteiger partial charge in [0, 0.05) is 12.2 Å². The quantitative estimate of drug-likeness (QED) is 0.917. The predicted octanol–water partition coefficient (Wildman–Crippen LogP) is 2.76. The molecule has 0 aromatic heterocycles. The molecule has 0 heterocycles. The second kappa shape index (κ2) is 5.26. The number of hydrogen-bond donors (Lipinski definition) is 1. The Hall–Kier alpha value is -1.10. The fourth-order valence-electron chi connectivity index (χ4n) is 1.39. The van der Waals surface area contributed by atoms with E-state index in [2.05, 4.69) is 5.32 Å². The molecule has 3 nitrogen and oxygen atoms in total. The SMILES string of the molecule is Cc1cc(NCCS(=O)(=O)C(C)(C)C)ccc1F. The normalized spacial score (nSPS) is 12.5. The minimum atomic E-state index is -3.12. The summed E-state index contributed by atoms with van der Waals surface area (Å²) in [6.07, 6.45) is 0. The maximum atomic E-state index is 13.0. The third-order valence-electron chi connectivity index (χ3n) is 2.79. The van der Waals surface area contributed by atoms with Gasteiger partial charge in [0.2, 0.25) is 0 Å². The van der Waals surface area contributed by atoms with Crippen LogP contribution in [-0.2, 0) is 9.84 Å². The van der Waals surface area contributed by atoms with Gasteiger partial charge >= 0.3 is 0 Å². The first kappa shape index (κ1) is 15.0. The third kappa shape index (κ3) is 3.70. The van der Waals surface area contributed by atoms with Gasteiger partial charge in [0.1, 0.15) is 5.82 Å². The van der Waals surface area contributed by atoms with Gasteiger partial charge in [-0.3, -0.25) is 0 Å². The predicted molar refractivity (Wildman–Crippen MR) is 73.2 cm³/mol. The summed E-state index contributed by atoms with van der Waals surface area (Å²) < 4.78 is 36.0. The van der Waals surface area contributed by atoms with Crippen molar-refractivity contribution >= 4 is 15.5 Å². The largest absolute Gasteiger partial charge is 0.384 e. The van der Waals surface area contributed by atoms with Crippen molar-refractivity contribution in [3.05, 3.63) is 29.6 Å². The maximum Gasteiger partial charge on any atom is 0.156 e. The van der Waals surface area contributed by atoms with Gasteiger partial charge in [0.25, 0.3) is 0 Å². The molecule has 1 rings (SSSR count). The highest BCUT2D eigenvalue weighted by Gasteiger charge is 2.28. The van der Waals surface area contributed by atoms with Crippen LogP contribution in [0.1, 0.15) is 26.3 Å². The van der Waals surface area contributed by atoms with Crippen molar-refractivity contribution < 1.29 is 12.8 Å². The average Bonchev–Trinajstić information content (AvgIpc) is 2.21. The third-order valence-corrected chi connectivity index (χ3v) is 5.40. The van der Waals surface area contributed by atoms with E-state index in [1.165, 1.54) is 6.07 Å². The van der Waals surface area contributed by atoms with E-state index in [0.717, 1.165) is 5.69 Å². The fourth-order valence-corrected chi connectivity index (χ4v) is 2.37. The second-order valence-electron chi connectivity index (χ2n) is 5.32. The van der Waals surface area contributed by atoms with Crippen molar-refractivity contribution in [2.45, 2.75) is 32.4 Å². The van der Waals surface area contributed by atoms with Gasteiger partial charge in [0.15, 0.2) is 9.84 Å². The van der Waals surface area contributed by atoms with Gasteiger partial charge in [0.05, 0.1) is 10.5 Å². The number of sulfone groups is 1. The van der Waals surface area contributed by atoms with Crippen LogP contribution in [0.2, 0.25) is 0 Å². The molecule has 0 radical (unpaired) electrons. The van der Waals surface area contributed by atoms with Crippen LogP contribution in [0.5, 0.6) is 0 Å². The van der Waals surface area contributed by atoms with Gasteiger partial charge < -0.3 is 5.32 Å². The molecule has 102 valence electrons. The fraction of sp³-hybridized carbons (Fsp3) is 0.538. The zero-order chi connectivity index (χ0) is 14.0. The molecule has 1 aromatic rings. The Balaban J connectivity index is 2.60. The lowest BCUT2D eigenvalue weighted by molar-refractivity contribution is 0.560. The Bertz CT molecular complexity index is 518. The van der Waals surface area contributed by atoms with E-state index in [9.17, 15) is 12.8 Å². The highest BCUT2D eigenvalue weighted by molar-refractivity contribution is 7.92.